The number of benzene rings is 1. The van der Waals surface area contributed by atoms with Gasteiger partial charge in [0.2, 0.25) is 0 Å². The summed E-state index contributed by atoms with van der Waals surface area (Å²) < 4.78 is 0. The number of alkyl halides is 1. The van der Waals surface area contributed by atoms with Gasteiger partial charge in [-0.1, -0.05) is 24.3 Å². The number of nitrogens with zero attached hydrogens (tertiary/aromatic N) is 1. The van der Waals surface area contributed by atoms with E-state index >= 15 is 0 Å². The lowest BCUT2D eigenvalue weighted by molar-refractivity contribution is 0.121. The smallest absolute Gasteiger partial charge is 0.0802 e. The molecule has 0 saturated heterocycles. The summed E-state index contributed by atoms with van der Waals surface area (Å²) in [6.45, 7) is 2.63. The maximum absolute atomic E-state index is 9.48. The Hall–Kier alpha value is -0.280. The second-order valence-corrected chi connectivity index (χ2v) is 4.37. The van der Waals surface area contributed by atoms with Gasteiger partial charge in [-0.3, -0.25) is 4.90 Å². The molecule has 0 saturated carbocycles. The Kier molecular flexibility index (Phi) is 5.56. The van der Waals surface area contributed by atoms with Gasteiger partial charge < -0.3 is 5.11 Å². The number of hydrogen-bond acceptors (Lipinski definition) is 2. The van der Waals surface area contributed by atoms with Crippen LogP contribution >= 0.6 is 24.0 Å². The molecule has 0 fully saturated rings. The van der Waals surface area contributed by atoms with Crippen LogP contribution in [0.15, 0.2) is 24.3 Å². The highest BCUT2D eigenvalue weighted by molar-refractivity contribution is 6.18. The zero-order chi connectivity index (χ0) is 10.7. The van der Waals surface area contributed by atoms with E-state index in [1.165, 1.54) is 11.1 Å². The molecule has 1 aromatic carbocycles. The fraction of sp³-hybridized carbons (Fsp3) is 0.500. The van der Waals surface area contributed by atoms with Gasteiger partial charge in [0.15, 0.2) is 0 Å². The second kappa shape index (κ2) is 6.45. The van der Waals surface area contributed by atoms with Gasteiger partial charge >= 0.3 is 0 Å². The molecule has 1 unspecified atom stereocenters. The summed E-state index contributed by atoms with van der Waals surface area (Å²) in [6, 6.07) is 8.50. The minimum absolute atomic E-state index is 0. The minimum Gasteiger partial charge on any atom is -0.391 e. The molecular formula is C12H17Cl2NO. The van der Waals surface area contributed by atoms with Gasteiger partial charge in [-0.25, -0.2) is 0 Å². The molecule has 0 amide bonds. The van der Waals surface area contributed by atoms with Crippen molar-refractivity contribution in [3.8, 4) is 0 Å². The van der Waals surface area contributed by atoms with Gasteiger partial charge in [0.1, 0.15) is 0 Å². The number of rotatable bonds is 3. The Morgan fingerprint density at radius 3 is 2.69 bits per heavy atom. The molecule has 0 aliphatic carbocycles. The fourth-order valence-electron chi connectivity index (χ4n) is 2.06. The van der Waals surface area contributed by atoms with E-state index in [4.69, 9.17) is 11.6 Å². The van der Waals surface area contributed by atoms with Crippen LogP contribution in [0.5, 0.6) is 0 Å². The molecule has 0 aromatic heterocycles. The van der Waals surface area contributed by atoms with Gasteiger partial charge in [-0.2, -0.15) is 0 Å². The van der Waals surface area contributed by atoms with Crippen LogP contribution in [0.25, 0.3) is 0 Å². The van der Waals surface area contributed by atoms with E-state index in [1.807, 2.05) is 0 Å². The summed E-state index contributed by atoms with van der Waals surface area (Å²) in [5.41, 5.74) is 2.82. The predicted octanol–water partition coefficient (Wildman–Crippen LogP) is 2.07. The third-order valence-electron chi connectivity index (χ3n) is 2.86. The molecule has 90 valence electrons. The molecule has 0 spiro atoms. The van der Waals surface area contributed by atoms with E-state index in [9.17, 15) is 5.11 Å². The fourth-order valence-corrected chi connectivity index (χ4v) is 2.15. The number of aliphatic hydroxyl groups excluding tert-OH is 1. The molecule has 1 atom stereocenters. The molecule has 1 aliphatic heterocycles. The van der Waals surface area contributed by atoms with E-state index in [0.717, 1.165) is 19.5 Å². The van der Waals surface area contributed by atoms with Gasteiger partial charge in [0.05, 0.1) is 6.10 Å². The first-order valence-electron chi connectivity index (χ1n) is 5.33. The van der Waals surface area contributed by atoms with Crippen LogP contribution in [0.1, 0.15) is 11.1 Å². The summed E-state index contributed by atoms with van der Waals surface area (Å²) in [5, 5.41) is 9.48. The lowest BCUT2D eigenvalue weighted by Crippen LogP contribution is -2.37. The van der Waals surface area contributed by atoms with E-state index in [-0.39, 0.29) is 12.4 Å². The molecule has 2 nitrogen and oxygen atoms in total. The maximum atomic E-state index is 9.48. The molecule has 1 aliphatic rings. The van der Waals surface area contributed by atoms with Crippen molar-refractivity contribution in [1.82, 2.24) is 4.90 Å². The Balaban J connectivity index is 0.00000128. The van der Waals surface area contributed by atoms with Gasteiger partial charge in [0, 0.05) is 25.5 Å². The van der Waals surface area contributed by atoms with Crippen molar-refractivity contribution in [2.75, 3.05) is 19.0 Å². The summed E-state index contributed by atoms with van der Waals surface area (Å²) in [6.07, 6.45) is 0.669. The average molecular weight is 262 g/mol. The van der Waals surface area contributed by atoms with Crippen LogP contribution in [0.4, 0.5) is 0 Å². The average Bonchev–Trinajstić information content (AvgIpc) is 2.29. The van der Waals surface area contributed by atoms with E-state index < -0.39 is 6.10 Å². The normalized spacial score (nSPS) is 17.4. The molecule has 2 rings (SSSR count). The number of β-amino-alcohol motifs (C(OH)–C–C–N with tert-alkyl or cyclic N) is 1. The Bertz CT molecular complexity index is 333. The first-order chi connectivity index (χ1) is 7.29. The highest BCUT2D eigenvalue weighted by atomic mass is 35.5. The molecule has 1 N–H and O–H groups in total. The van der Waals surface area contributed by atoms with Crippen molar-refractivity contribution in [3.05, 3.63) is 35.4 Å². The van der Waals surface area contributed by atoms with Crippen LogP contribution in [0.2, 0.25) is 0 Å². The van der Waals surface area contributed by atoms with E-state index in [1.54, 1.807) is 0 Å². The highest BCUT2D eigenvalue weighted by Gasteiger charge is 2.17. The molecule has 1 aromatic rings. The molecular weight excluding hydrogens is 245 g/mol. The van der Waals surface area contributed by atoms with Crippen molar-refractivity contribution < 1.29 is 5.11 Å². The van der Waals surface area contributed by atoms with E-state index in [0.29, 0.717) is 12.4 Å². The Morgan fingerprint density at radius 2 is 2.00 bits per heavy atom. The zero-order valence-electron chi connectivity index (χ0n) is 9.10. The number of aliphatic hydroxyl groups is 1. The number of fused-ring (bicyclic) bond motifs is 1. The van der Waals surface area contributed by atoms with Crippen molar-refractivity contribution in [3.63, 3.8) is 0 Å². The summed E-state index contributed by atoms with van der Waals surface area (Å²) in [4.78, 5) is 2.26. The first-order valence-corrected chi connectivity index (χ1v) is 5.86. The molecule has 0 radical (unpaired) electrons. The largest absolute Gasteiger partial charge is 0.391 e. The standard InChI is InChI=1S/C12H16ClNO.ClH/c13-7-12(15)9-14-6-5-10-3-1-2-4-11(10)8-14;/h1-4,12,15H,5-9H2;1H. The summed E-state index contributed by atoms with van der Waals surface area (Å²) in [7, 11) is 0. The van der Waals surface area contributed by atoms with Crippen LogP contribution < -0.4 is 0 Å². The third-order valence-corrected chi connectivity index (χ3v) is 3.21. The van der Waals surface area contributed by atoms with Crippen LogP contribution in [-0.2, 0) is 13.0 Å². The topological polar surface area (TPSA) is 23.5 Å². The first kappa shape index (κ1) is 13.8. The Morgan fingerprint density at radius 1 is 1.31 bits per heavy atom. The number of halogens is 2. The number of hydrogen-bond donors (Lipinski definition) is 1. The van der Waals surface area contributed by atoms with Gasteiger partial charge in [0.25, 0.3) is 0 Å². The molecule has 16 heavy (non-hydrogen) atoms. The lowest BCUT2D eigenvalue weighted by atomic mass is 10.00. The van der Waals surface area contributed by atoms with Crippen molar-refractivity contribution in [2.24, 2.45) is 0 Å². The van der Waals surface area contributed by atoms with Gasteiger partial charge in [-0.15, -0.1) is 24.0 Å². The van der Waals surface area contributed by atoms with Crippen molar-refractivity contribution in [2.45, 2.75) is 19.1 Å². The van der Waals surface area contributed by atoms with Crippen molar-refractivity contribution >= 4 is 24.0 Å². The van der Waals surface area contributed by atoms with Crippen LogP contribution in [-0.4, -0.2) is 35.1 Å². The second-order valence-electron chi connectivity index (χ2n) is 4.06. The SMILES string of the molecule is Cl.OC(CCl)CN1CCc2ccccc2C1. The predicted molar refractivity (Wildman–Crippen MR) is 69.4 cm³/mol. The molecule has 0 bridgehead atoms. The maximum Gasteiger partial charge on any atom is 0.0802 e. The minimum atomic E-state index is -0.406. The lowest BCUT2D eigenvalue weighted by Gasteiger charge is -2.29. The highest BCUT2D eigenvalue weighted by Crippen LogP contribution is 2.18. The molecule has 1 heterocycles. The van der Waals surface area contributed by atoms with Crippen molar-refractivity contribution in [1.29, 1.82) is 0 Å². The zero-order valence-corrected chi connectivity index (χ0v) is 10.7. The summed E-state index contributed by atoms with van der Waals surface area (Å²) in [5.74, 6) is 0.318. The van der Waals surface area contributed by atoms with E-state index in [2.05, 4.69) is 29.2 Å². The third kappa shape index (κ3) is 3.36. The van der Waals surface area contributed by atoms with Gasteiger partial charge in [-0.05, 0) is 17.5 Å². The Labute approximate surface area is 108 Å². The van der Waals surface area contributed by atoms with Crippen LogP contribution in [0.3, 0.4) is 0 Å². The summed E-state index contributed by atoms with van der Waals surface area (Å²) >= 11 is 5.59. The molecule has 4 heteroatoms. The monoisotopic (exact) mass is 261 g/mol. The van der Waals surface area contributed by atoms with Crippen LogP contribution in [0, 0.1) is 0 Å². The quantitative estimate of drug-likeness (QED) is 0.843.